The van der Waals surface area contributed by atoms with Gasteiger partial charge >= 0.3 is 6.03 Å². The number of nitrogens with one attached hydrogen (secondary N) is 1. The van der Waals surface area contributed by atoms with E-state index in [4.69, 9.17) is 4.52 Å². The number of hydrogen-bond donors (Lipinski definition) is 1. The quantitative estimate of drug-likeness (QED) is 0.646. The second kappa shape index (κ2) is 7.96. The van der Waals surface area contributed by atoms with Crippen molar-refractivity contribution in [3.8, 4) is 0 Å². The molecule has 0 radical (unpaired) electrons. The molecule has 2 heterocycles. The Bertz CT molecular complexity index is 783. The molecule has 3 rings (SSSR count). The third-order valence-corrected chi connectivity index (χ3v) is 4.28. The third-order valence-electron chi connectivity index (χ3n) is 4.28. The van der Waals surface area contributed by atoms with Gasteiger partial charge < -0.3 is 14.7 Å². The summed E-state index contributed by atoms with van der Waals surface area (Å²) in [6, 6.07) is 8.02. The van der Waals surface area contributed by atoms with Crippen LogP contribution in [-0.2, 0) is 13.1 Å². The highest BCUT2D eigenvalue weighted by molar-refractivity contribution is 5.74. The number of benzene rings is 1. The Hall–Kier alpha value is -2.94. The van der Waals surface area contributed by atoms with Crippen molar-refractivity contribution in [1.29, 1.82) is 0 Å². The van der Waals surface area contributed by atoms with Crippen LogP contribution in [0.1, 0.15) is 17.0 Å². The molecule has 1 aromatic carbocycles. The molecule has 0 unspecified atom stereocenters. The van der Waals surface area contributed by atoms with E-state index in [1.165, 1.54) is 12.1 Å². The van der Waals surface area contributed by atoms with Gasteiger partial charge in [-0.15, -0.1) is 0 Å². The molecule has 1 aromatic heterocycles. The molecule has 0 spiro atoms. The van der Waals surface area contributed by atoms with Gasteiger partial charge in [0.1, 0.15) is 0 Å². The zero-order chi connectivity index (χ0) is 18.5. The molecule has 1 aliphatic rings. The van der Waals surface area contributed by atoms with Gasteiger partial charge in [-0.3, -0.25) is 15.0 Å². The summed E-state index contributed by atoms with van der Waals surface area (Å²) in [4.78, 5) is 26.6. The molecule has 0 bridgehead atoms. The van der Waals surface area contributed by atoms with Crippen molar-refractivity contribution in [2.75, 3.05) is 26.2 Å². The summed E-state index contributed by atoms with van der Waals surface area (Å²) in [5.41, 5.74) is 1.58. The number of nitrogens with zero attached hydrogens (tertiary/aromatic N) is 4. The molecule has 1 saturated heterocycles. The molecule has 0 atom stereocenters. The van der Waals surface area contributed by atoms with Gasteiger partial charge in [-0.2, -0.15) is 0 Å². The van der Waals surface area contributed by atoms with Crippen LogP contribution in [0.2, 0.25) is 0 Å². The minimum atomic E-state index is -0.444. The van der Waals surface area contributed by atoms with Crippen LogP contribution >= 0.6 is 0 Å². The van der Waals surface area contributed by atoms with Gasteiger partial charge in [-0.25, -0.2) is 4.79 Å². The van der Waals surface area contributed by atoms with Crippen molar-refractivity contribution in [1.82, 2.24) is 20.3 Å². The van der Waals surface area contributed by atoms with Gasteiger partial charge in [0.25, 0.3) is 5.69 Å². The zero-order valence-electron chi connectivity index (χ0n) is 14.6. The number of aromatic nitrogens is 1. The summed E-state index contributed by atoms with van der Waals surface area (Å²) in [5.74, 6) is 0.825. The Kier molecular flexibility index (Phi) is 5.47. The van der Waals surface area contributed by atoms with Crippen molar-refractivity contribution in [3.05, 3.63) is 57.5 Å². The van der Waals surface area contributed by atoms with E-state index in [-0.39, 0.29) is 18.3 Å². The SMILES string of the molecule is Cc1cc(CN2CCN(C(=O)NCc3cccc([N+](=O)[O-])c3)CC2)on1. The molecule has 0 saturated carbocycles. The molecule has 9 heteroatoms. The number of carbonyl (C=O) groups excluding carboxylic acids is 1. The maximum Gasteiger partial charge on any atom is 0.317 e. The van der Waals surface area contributed by atoms with Crippen LogP contribution in [0.3, 0.4) is 0 Å². The second-order valence-electron chi connectivity index (χ2n) is 6.28. The van der Waals surface area contributed by atoms with Crippen LogP contribution in [0.4, 0.5) is 10.5 Å². The highest BCUT2D eigenvalue weighted by atomic mass is 16.6. The van der Waals surface area contributed by atoms with Crippen LogP contribution < -0.4 is 5.32 Å². The summed E-state index contributed by atoms with van der Waals surface area (Å²) in [6.07, 6.45) is 0. The zero-order valence-corrected chi connectivity index (χ0v) is 14.6. The first-order chi connectivity index (χ1) is 12.5. The predicted octanol–water partition coefficient (Wildman–Crippen LogP) is 1.92. The van der Waals surface area contributed by atoms with Crippen molar-refractivity contribution >= 4 is 11.7 Å². The Morgan fingerprint density at radius 1 is 1.31 bits per heavy atom. The van der Waals surface area contributed by atoms with E-state index < -0.39 is 4.92 Å². The average molecular weight is 359 g/mol. The lowest BCUT2D eigenvalue weighted by atomic mass is 10.2. The van der Waals surface area contributed by atoms with Gasteiger partial charge in [-0.1, -0.05) is 17.3 Å². The van der Waals surface area contributed by atoms with Crippen LogP contribution in [0.15, 0.2) is 34.9 Å². The molecule has 2 aromatic rings. The summed E-state index contributed by atoms with van der Waals surface area (Å²) in [6.45, 7) is 5.58. The normalized spacial score (nSPS) is 15.0. The van der Waals surface area contributed by atoms with Crippen LogP contribution in [0.25, 0.3) is 0 Å². The van der Waals surface area contributed by atoms with E-state index in [1.807, 2.05) is 13.0 Å². The molecule has 0 aliphatic carbocycles. The van der Waals surface area contributed by atoms with Crippen molar-refractivity contribution < 1.29 is 14.2 Å². The molecule has 1 N–H and O–H groups in total. The first kappa shape index (κ1) is 17.9. The van der Waals surface area contributed by atoms with E-state index in [1.54, 1.807) is 17.0 Å². The maximum absolute atomic E-state index is 12.3. The summed E-state index contributed by atoms with van der Waals surface area (Å²) in [5, 5.41) is 17.5. The molecule has 138 valence electrons. The summed E-state index contributed by atoms with van der Waals surface area (Å²) in [7, 11) is 0. The molecular formula is C17H21N5O4. The van der Waals surface area contributed by atoms with Gasteiger partial charge in [-0.05, 0) is 12.5 Å². The number of nitro benzene ring substituents is 1. The number of hydrogen-bond acceptors (Lipinski definition) is 6. The molecule has 1 aliphatic heterocycles. The van der Waals surface area contributed by atoms with E-state index in [0.29, 0.717) is 25.2 Å². The smallest absolute Gasteiger partial charge is 0.317 e. The number of aryl methyl sites for hydroxylation is 1. The Morgan fingerprint density at radius 3 is 2.73 bits per heavy atom. The predicted molar refractivity (Wildman–Crippen MR) is 93.4 cm³/mol. The van der Waals surface area contributed by atoms with Gasteiger partial charge in [0, 0.05) is 50.9 Å². The molecule has 1 fully saturated rings. The fourth-order valence-corrected chi connectivity index (χ4v) is 2.89. The van der Waals surface area contributed by atoms with Gasteiger partial charge in [0.2, 0.25) is 0 Å². The molecule has 9 nitrogen and oxygen atoms in total. The Labute approximate surface area is 150 Å². The number of carbonyl (C=O) groups is 1. The number of urea groups is 1. The van der Waals surface area contributed by atoms with Gasteiger partial charge in [0.15, 0.2) is 5.76 Å². The summed E-state index contributed by atoms with van der Waals surface area (Å²) < 4.78 is 5.22. The van der Waals surface area contributed by atoms with E-state index >= 15 is 0 Å². The van der Waals surface area contributed by atoms with Crippen LogP contribution in [-0.4, -0.2) is 52.1 Å². The minimum absolute atomic E-state index is 0.0213. The lowest BCUT2D eigenvalue weighted by Gasteiger charge is -2.34. The van der Waals surface area contributed by atoms with Gasteiger partial charge in [0.05, 0.1) is 17.2 Å². The second-order valence-corrected chi connectivity index (χ2v) is 6.28. The maximum atomic E-state index is 12.3. The monoisotopic (exact) mass is 359 g/mol. The lowest BCUT2D eigenvalue weighted by molar-refractivity contribution is -0.384. The Morgan fingerprint density at radius 2 is 2.08 bits per heavy atom. The topological polar surface area (TPSA) is 105 Å². The van der Waals surface area contributed by atoms with Crippen LogP contribution in [0.5, 0.6) is 0 Å². The fourth-order valence-electron chi connectivity index (χ4n) is 2.89. The third kappa shape index (κ3) is 4.57. The highest BCUT2D eigenvalue weighted by Crippen LogP contribution is 2.13. The fraction of sp³-hybridized carbons (Fsp3) is 0.412. The van der Waals surface area contributed by atoms with Crippen molar-refractivity contribution in [3.63, 3.8) is 0 Å². The first-order valence-electron chi connectivity index (χ1n) is 8.42. The largest absolute Gasteiger partial charge is 0.360 e. The number of amides is 2. The standard InChI is InChI=1S/C17H21N5O4/c1-13-9-16(26-19-13)12-20-5-7-21(8-6-20)17(23)18-11-14-3-2-4-15(10-14)22(24)25/h2-4,9-10H,5-8,11-12H2,1H3,(H,18,23). The first-order valence-corrected chi connectivity index (χ1v) is 8.42. The van der Waals surface area contributed by atoms with Crippen LogP contribution in [0, 0.1) is 17.0 Å². The lowest BCUT2D eigenvalue weighted by Crippen LogP contribution is -2.51. The van der Waals surface area contributed by atoms with E-state index in [9.17, 15) is 14.9 Å². The number of non-ortho nitro benzene ring substituents is 1. The van der Waals surface area contributed by atoms with Crippen molar-refractivity contribution in [2.24, 2.45) is 0 Å². The number of nitro groups is 1. The number of piperazine rings is 1. The summed E-state index contributed by atoms with van der Waals surface area (Å²) >= 11 is 0. The number of rotatable bonds is 5. The van der Waals surface area contributed by atoms with E-state index in [0.717, 1.165) is 24.5 Å². The molecule has 26 heavy (non-hydrogen) atoms. The van der Waals surface area contributed by atoms with E-state index in [2.05, 4.69) is 15.4 Å². The average Bonchev–Trinajstić information content (AvgIpc) is 3.05. The highest BCUT2D eigenvalue weighted by Gasteiger charge is 2.21. The molecular weight excluding hydrogens is 338 g/mol. The molecule has 2 amide bonds. The Balaban J connectivity index is 1.45. The minimum Gasteiger partial charge on any atom is -0.360 e. The van der Waals surface area contributed by atoms with Crippen molar-refractivity contribution in [2.45, 2.75) is 20.0 Å².